The van der Waals surface area contributed by atoms with E-state index in [9.17, 15) is 0 Å². The summed E-state index contributed by atoms with van der Waals surface area (Å²) in [4.78, 5) is 0. The molecule has 0 spiro atoms. The minimum Gasteiger partial charge on any atom is -0.179 e. The molecule has 20 heavy (non-hydrogen) atoms. The molecule has 0 heterocycles. The fraction of sp³-hybridized carbons (Fsp3) is 0.222. The van der Waals surface area contributed by atoms with E-state index in [4.69, 9.17) is 0 Å². The van der Waals surface area contributed by atoms with E-state index in [1.165, 1.54) is 16.4 Å². The first-order chi connectivity index (χ1) is 9.83. The Labute approximate surface area is 129 Å². The van der Waals surface area contributed by atoms with Gasteiger partial charge in [0.1, 0.15) is 8.07 Å². The number of allylic oxidation sites excluding steroid dienone is 1. The Hall–Kier alpha value is -1.25. The van der Waals surface area contributed by atoms with Crippen molar-refractivity contribution in [3.63, 3.8) is 0 Å². The molecule has 0 radical (unpaired) electrons. The van der Waals surface area contributed by atoms with Crippen LogP contribution >= 0.6 is 12.6 Å². The Kier molecular flexibility index (Phi) is 5.68. The monoisotopic (exact) mass is 298 g/mol. The summed E-state index contributed by atoms with van der Waals surface area (Å²) in [5, 5.41) is 3.01. The van der Waals surface area contributed by atoms with Gasteiger partial charge in [0.25, 0.3) is 0 Å². The summed E-state index contributed by atoms with van der Waals surface area (Å²) in [6, 6.07) is 24.3. The SMILES string of the molecule is C=CC[Si](CCCS)(c1ccccc1)c1ccccc1. The van der Waals surface area contributed by atoms with Gasteiger partial charge in [0, 0.05) is 0 Å². The lowest BCUT2D eigenvalue weighted by Crippen LogP contribution is -2.57. The van der Waals surface area contributed by atoms with Gasteiger partial charge in [0.05, 0.1) is 0 Å². The van der Waals surface area contributed by atoms with Gasteiger partial charge >= 0.3 is 0 Å². The van der Waals surface area contributed by atoms with E-state index in [0.29, 0.717) is 0 Å². The predicted molar refractivity (Wildman–Crippen MR) is 96.2 cm³/mol. The molecule has 0 aliphatic carbocycles. The molecule has 0 fully saturated rings. The molecule has 0 saturated carbocycles. The molecule has 0 atom stereocenters. The Morgan fingerprint density at radius 3 is 1.80 bits per heavy atom. The smallest absolute Gasteiger partial charge is 0.121 e. The van der Waals surface area contributed by atoms with Crippen LogP contribution in [0.25, 0.3) is 0 Å². The number of rotatable bonds is 7. The van der Waals surface area contributed by atoms with Crippen molar-refractivity contribution in [3.8, 4) is 0 Å². The van der Waals surface area contributed by atoms with Crippen LogP contribution in [0.3, 0.4) is 0 Å². The Balaban J connectivity index is 2.53. The molecule has 0 amide bonds. The van der Waals surface area contributed by atoms with E-state index in [1.807, 2.05) is 0 Å². The van der Waals surface area contributed by atoms with E-state index in [-0.39, 0.29) is 0 Å². The summed E-state index contributed by atoms with van der Waals surface area (Å²) in [7, 11) is -1.74. The van der Waals surface area contributed by atoms with Crippen molar-refractivity contribution in [2.75, 3.05) is 5.75 Å². The highest BCUT2D eigenvalue weighted by Gasteiger charge is 2.34. The molecule has 104 valence electrons. The van der Waals surface area contributed by atoms with Crippen LogP contribution in [-0.2, 0) is 0 Å². The highest BCUT2D eigenvalue weighted by atomic mass is 32.1. The third-order valence-electron chi connectivity index (χ3n) is 3.91. The zero-order chi connectivity index (χ0) is 14.3. The lowest BCUT2D eigenvalue weighted by molar-refractivity contribution is 1.07. The molecule has 0 aromatic heterocycles. The maximum Gasteiger partial charge on any atom is 0.121 e. The minimum atomic E-state index is -1.74. The van der Waals surface area contributed by atoms with E-state index >= 15 is 0 Å². The zero-order valence-corrected chi connectivity index (χ0v) is 13.7. The van der Waals surface area contributed by atoms with Crippen molar-refractivity contribution in [2.24, 2.45) is 0 Å². The first kappa shape index (κ1) is 15.1. The van der Waals surface area contributed by atoms with Crippen LogP contribution in [0.2, 0.25) is 12.1 Å². The van der Waals surface area contributed by atoms with Crippen molar-refractivity contribution >= 4 is 31.1 Å². The summed E-state index contributed by atoms with van der Waals surface area (Å²) >= 11 is 4.42. The topological polar surface area (TPSA) is 0 Å². The van der Waals surface area contributed by atoms with E-state index in [2.05, 4.69) is 85.9 Å². The van der Waals surface area contributed by atoms with E-state index in [1.54, 1.807) is 0 Å². The Morgan fingerprint density at radius 1 is 0.900 bits per heavy atom. The van der Waals surface area contributed by atoms with Crippen LogP contribution in [0.5, 0.6) is 0 Å². The van der Waals surface area contributed by atoms with E-state index in [0.717, 1.165) is 18.2 Å². The van der Waals surface area contributed by atoms with Crippen LogP contribution in [0.15, 0.2) is 73.3 Å². The maximum atomic E-state index is 4.42. The van der Waals surface area contributed by atoms with Crippen molar-refractivity contribution in [3.05, 3.63) is 73.3 Å². The normalized spacial score (nSPS) is 11.2. The molecule has 0 saturated heterocycles. The molecular weight excluding hydrogens is 276 g/mol. The van der Waals surface area contributed by atoms with Gasteiger partial charge in [-0.1, -0.05) is 77.1 Å². The number of benzene rings is 2. The summed E-state index contributed by atoms with van der Waals surface area (Å²) in [5.41, 5.74) is 0. The third kappa shape index (κ3) is 3.25. The van der Waals surface area contributed by atoms with Gasteiger partial charge in [-0.05, 0) is 24.3 Å². The Morgan fingerprint density at radius 2 is 1.40 bits per heavy atom. The summed E-state index contributed by atoms with van der Waals surface area (Å²) < 4.78 is 0. The fourth-order valence-electron chi connectivity index (χ4n) is 2.93. The summed E-state index contributed by atoms with van der Waals surface area (Å²) in [5.74, 6) is 0.950. The van der Waals surface area contributed by atoms with Crippen LogP contribution in [-0.4, -0.2) is 13.8 Å². The van der Waals surface area contributed by atoms with Crippen molar-refractivity contribution in [1.82, 2.24) is 0 Å². The summed E-state index contributed by atoms with van der Waals surface area (Å²) in [6.45, 7) is 4.02. The Bertz CT molecular complexity index is 482. The molecule has 0 aliphatic rings. The molecule has 2 rings (SSSR count). The second-order valence-corrected chi connectivity index (χ2v) is 9.81. The van der Waals surface area contributed by atoms with Gasteiger partial charge in [0.2, 0.25) is 0 Å². The highest BCUT2D eigenvalue weighted by molar-refractivity contribution is 7.80. The fourth-order valence-corrected chi connectivity index (χ4v) is 7.91. The summed E-state index contributed by atoms with van der Waals surface area (Å²) in [6.07, 6.45) is 3.26. The first-order valence-corrected chi connectivity index (χ1v) is 10.2. The van der Waals surface area contributed by atoms with Gasteiger partial charge in [-0.15, -0.1) is 6.58 Å². The minimum absolute atomic E-state index is 0.950. The number of hydrogen-bond acceptors (Lipinski definition) is 1. The lowest BCUT2D eigenvalue weighted by atomic mass is 10.4. The van der Waals surface area contributed by atoms with Gasteiger partial charge in [-0.25, -0.2) is 0 Å². The van der Waals surface area contributed by atoms with Crippen molar-refractivity contribution < 1.29 is 0 Å². The van der Waals surface area contributed by atoms with Crippen LogP contribution in [0.4, 0.5) is 0 Å². The molecular formula is C18H22SSi. The molecule has 2 aromatic rings. The number of thiol groups is 1. The maximum absolute atomic E-state index is 4.42. The lowest BCUT2D eigenvalue weighted by Gasteiger charge is -2.32. The van der Waals surface area contributed by atoms with Crippen LogP contribution < -0.4 is 10.4 Å². The van der Waals surface area contributed by atoms with Gasteiger partial charge in [-0.2, -0.15) is 12.6 Å². The van der Waals surface area contributed by atoms with Gasteiger partial charge < -0.3 is 0 Å². The largest absolute Gasteiger partial charge is 0.179 e. The second kappa shape index (κ2) is 7.51. The molecule has 0 aliphatic heterocycles. The van der Waals surface area contributed by atoms with Gasteiger partial charge in [-0.3, -0.25) is 0 Å². The third-order valence-corrected chi connectivity index (χ3v) is 9.29. The van der Waals surface area contributed by atoms with E-state index < -0.39 is 8.07 Å². The van der Waals surface area contributed by atoms with Gasteiger partial charge in [0.15, 0.2) is 0 Å². The molecule has 0 nitrogen and oxygen atoms in total. The molecule has 0 bridgehead atoms. The van der Waals surface area contributed by atoms with Crippen molar-refractivity contribution in [1.29, 1.82) is 0 Å². The zero-order valence-electron chi connectivity index (χ0n) is 11.8. The predicted octanol–water partition coefficient (Wildman–Crippen LogP) is 3.76. The molecule has 0 unspecified atom stereocenters. The molecule has 2 aromatic carbocycles. The van der Waals surface area contributed by atoms with Crippen LogP contribution in [0.1, 0.15) is 6.42 Å². The second-order valence-electron chi connectivity index (χ2n) is 5.13. The molecule has 2 heteroatoms. The van der Waals surface area contributed by atoms with Crippen molar-refractivity contribution in [2.45, 2.75) is 18.5 Å². The quantitative estimate of drug-likeness (QED) is 0.449. The average Bonchev–Trinajstić information content (AvgIpc) is 2.53. The standard InChI is InChI=1S/C18H22SSi/c1-2-15-20(16-9-14-19,17-10-5-3-6-11-17)18-12-7-4-8-13-18/h2-8,10-13,19H,1,9,14-16H2. The number of hydrogen-bond donors (Lipinski definition) is 1. The van der Waals surface area contributed by atoms with Crippen LogP contribution in [0, 0.1) is 0 Å². The highest BCUT2D eigenvalue weighted by Crippen LogP contribution is 2.19. The first-order valence-electron chi connectivity index (χ1n) is 7.16. The molecule has 0 N–H and O–H groups in total. The average molecular weight is 299 g/mol.